The van der Waals surface area contributed by atoms with Crippen molar-refractivity contribution in [2.75, 3.05) is 26.3 Å². The van der Waals surface area contributed by atoms with Gasteiger partial charge in [0.25, 0.3) is 5.79 Å². The van der Waals surface area contributed by atoms with Gasteiger partial charge >= 0.3 is 5.97 Å². The Labute approximate surface area is 143 Å². The number of ether oxygens (including phenoxy) is 3. The molecule has 1 N–H and O–H groups in total. The van der Waals surface area contributed by atoms with Gasteiger partial charge in [-0.15, -0.1) is 0 Å². The molecule has 1 heterocycles. The number of fused-ring (bicyclic) bond motifs is 1. The number of nitrogens with zero attached hydrogens (tertiary/aromatic N) is 1. The standard InChI is InChI=1S/C18H27NO5/c1-5-19(6-2)18(16(20)21,12-13-22-7-3)17(4)23-14-10-8-9-11-15(14)24-17/h8-11H,5-7,12-13H2,1-4H3,(H,20,21). The zero-order chi connectivity index (χ0) is 17.8. The summed E-state index contributed by atoms with van der Waals surface area (Å²) in [5, 5.41) is 10.2. The SMILES string of the molecule is CCOCCC(C(=O)O)(N(CC)CC)C1(C)Oc2ccccc2O1. The van der Waals surface area contributed by atoms with Crippen LogP contribution in [-0.2, 0) is 9.53 Å². The molecule has 0 radical (unpaired) electrons. The number of carboxylic acids is 1. The van der Waals surface area contributed by atoms with Gasteiger partial charge in [-0.1, -0.05) is 26.0 Å². The van der Waals surface area contributed by atoms with Gasteiger partial charge in [0.15, 0.2) is 17.0 Å². The Morgan fingerprint density at radius 1 is 1.21 bits per heavy atom. The van der Waals surface area contributed by atoms with Crippen LogP contribution in [0.3, 0.4) is 0 Å². The first-order chi connectivity index (χ1) is 11.4. The molecule has 1 aromatic rings. The van der Waals surface area contributed by atoms with Crippen molar-refractivity contribution in [2.24, 2.45) is 0 Å². The summed E-state index contributed by atoms with van der Waals surface area (Å²) in [5.41, 5.74) is -1.36. The highest BCUT2D eigenvalue weighted by atomic mass is 16.7. The monoisotopic (exact) mass is 337 g/mol. The fraction of sp³-hybridized carbons (Fsp3) is 0.611. The van der Waals surface area contributed by atoms with Gasteiger partial charge in [-0.05, 0) is 32.1 Å². The molecule has 1 unspecified atom stereocenters. The Morgan fingerprint density at radius 2 is 1.75 bits per heavy atom. The largest absolute Gasteiger partial charge is 0.480 e. The average Bonchev–Trinajstić information content (AvgIpc) is 2.91. The molecule has 0 aliphatic carbocycles. The third-order valence-electron chi connectivity index (χ3n) is 4.68. The van der Waals surface area contributed by atoms with E-state index in [-0.39, 0.29) is 6.42 Å². The van der Waals surface area contributed by atoms with Crippen LogP contribution in [0.2, 0.25) is 0 Å². The van der Waals surface area contributed by atoms with Crippen molar-refractivity contribution in [1.82, 2.24) is 4.90 Å². The lowest BCUT2D eigenvalue weighted by Crippen LogP contribution is -2.71. The summed E-state index contributed by atoms with van der Waals surface area (Å²) < 4.78 is 17.5. The number of rotatable bonds is 9. The molecule has 1 aromatic carbocycles. The molecule has 1 atom stereocenters. The van der Waals surface area contributed by atoms with E-state index in [9.17, 15) is 9.90 Å². The number of aliphatic carboxylic acids is 1. The van der Waals surface area contributed by atoms with E-state index in [0.29, 0.717) is 37.8 Å². The van der Waals surface area contributed by atoms with Crippen LogP contribution in [0.4, 0.5) is 0 Å². The summed E-state index contributed by atoms with van der Waals surface area (Å²) in [5.74, 6) is -1.18. The predicted molar refractivity (Wildman–Crippen MR) is 90.5 cm³/mol. The Kier molecular flexibility index (Phi) is 5.72. The van der Waals surface area contributed by atoms with Crippen LogP contribution in [0.15, 0.2) is 24.3 Å². The fourth-order valence-electron chi connectivity index (χ4n) is 3.46. The molecule has 0 fully saturated rings. The normalized spacial score (nSPS) is 17.7. The Balaban J connectivity index is 2.46. The van der Waals surface area contributed by atoms with Crippen molar-refractivity contribution >= 4 is 5.97 Å². The third kappa shape index (κ3) is 2.96. The topological polar surface area (TPSA) is 68.2 Å². The van der Waals surface area contributed by atoms with E-state index in [1.165, 1.54) is 0 Å². The van der Waals surface area contributed by atoms with E-state index in [1.54, 1.807) is 19.1 Å². The third-order valence-corrected chi connectivity index (χ3v) is 4.68. The molecule has 24 heavy (non-hydrogen) atoms. The van der Waals surface area contributed by atoms with Crippen molar-refractivity contribution in [3.05, 3.63) is 24.3 Å². The maximum Gasteiger partial charge on any atom is 0.332 e. The van der Waals surface area contributed by atoms with E-state index < -0.39 is 17.3 Å². The maximum absolute atomic E-state index is 12.5. The van der Waals surface area contributed by atoms with Crippen LogP contribution in [0, 0.1) is 0 Å². The van der Waals surface area contributed by atoms with Gasteiger partial charge in [-0.2, -0.15) is 0 Å². The van der Waals surface area contributed by atoms with Crippen molar-refractivity contribution < 1.29 is 24.1 Å². The van der Waals surface area contributed by atoms with Crippen LogP contribution < -0.4 is 9.47 Å². The Morgan fingerprint density at radius 3 is 2.17 bits per heavy atom. The molecule has 6 nitrogen and oxygen atoms in total. The number of benzene rings is 1. The van der Waals surface area contributed by atoms with Gasteiger partial charge in [0.1, 0.15) is 0 Å². The second kappa shape index (κ2) is 7.40. The van der Waals surface area contributed by atoms with Crippen molar-refractivity contribution in [3.8, 4) is 11.5 Å². The van der Waals surface area contributed by atoms with Crippen LogP contribution >= 0.6 is 0 Å². The molecule has 134 valence electrons. The van der Waals surface area contributed by atoms with E-state index >= 15 is 0 Å². The van der Waals surface area contributed by atoms with Crippen LogP contribution in [0.1, 0.15) is 34.1 Å². The molecule has 0 saturated heterocycles. The first-order valence-corrected chi connectivity index (χ1v) is 8.48. The highest BCUT2D eigenvalue weighted by molar-refractivity contribution is 5.81. The lowest BCUT2D eigenvalue weighted by Gasteiger charge is -2.47. The molecule has 6 heteroatoms. The highest BCUT2D eigenvalue weighted by Gasteiger charge is 2.63. The second-order valence-corrected chi connectivity index (χ2v) is 5.88. The molecule has 1 aliphatic heterocycles. The molecule has 1 aliphatic rings. The summed E-state index contributed by atoms with van der Waals surface area (Å²) in [4.78, 5) is 14.3. The van der Waals surface area contributed by atoms with Crippen molar-refractivity contribution in [1.29, 1.82) is 0 Å². The Bertz CT molecular complexity index is 547. The molecule has 0 saturated carbocycles. The minimum atomic E-state index is -1.36. The minimum Gasteiger partial charge on any atom is -0.480 e. The van der Waals surface area contributed by atoms with Gasteiger partial charge < -0.3 is 19.3 Å². The molecule has 0 aromatic heterocycles. The first-order valence-electron chi connectivity index (χ1n) is 8.48. The molecule has 0 bridgehead atoms. The maximum atomic E-state index is 12.5. The second-order valence-electron chi connectivity index (χ2n) is 5.88. The smallest absolute Gasteiger partial charge is 0.332 e. The lowest BCUT2D eigenvalue weighted by molar-refractivity contribution is -0.206. The number of carboxylic acid groups (broad SMARTS) is 1. The summed E-state index contributed by atoms with van der Waals surface area (Å²) in [6.45, 7) is 9.44. The first kappa shape index (κ1) is 18.5. The van der Waals surface area contributed by atoms with Crippen LogP contribution in [0.5, 0.6) is 11.5 Å². The van der Waals surface area contributed by atoms with Gasteiger partial charge in [0.05, 0.1) is 0 Å². The summed E-state index contributed by atoms with van der Waals surface area (Å²) in [6, 6.07) is 7.26. The van der Waals surface area contributed by atoms with E-state index in [4.69, 9.17) is 14.2 Å². The zero-order valence-electron chi connectivity index (χ0n) is 14.9. The number of para-hydroxylation sites is 2. The summed E-state index contributed by atoms with van der Waals surface area (Å²) in [6.07, 6.45) is 0.266. The number of hydrogen-bond acceptors (Lipinski definition) is 5. The molecule has 0 spiro atoms. The van der Waals surface area contributed by atoms with Gasteiger partial charge in [-0.25, -0.2) is 4.79 Å². The fourth-order valence-corrected chi connectivity index (χ4v) is 3.46. The number of likely N-dealkylation sites (N-methyl/N-ethyl adjacent to an activating group) is 1. The summed E-state index contributed by atoms with van der Waals surface area (Å²) >= 11 is 0. The lowest BCUT2D eigenvalue weighted by atomic mass is 9.84. The molecule has 2 rings (SSSR count). The van der Waals surface area contributed by atoms with Gasteiger partial charge in [-0.3, -0.25) is 4.90 Å². The van der Waals surface area contributed by atoms with Crippen molar-refractivity contribution in [2.45, 2.75) is 45.4 Å². The highest BCUT2D eigenvalue weighted by Crippen LogP contribution is 2.46. The number of carbonyl (C=O) groups is 1. The average molecular weight is 337 g/mol. The quantitative estimate of drug-likeness (QED) is 0.699. The Hall–Kier alpha value is -1.79. The van der Waals surface area contributed by atoms with Crippen LogP contribution in [-0.4, -0.2) is 53.6 Å². The number of hydrogen-bond donors (Lipinski definition) is 1. The van der Waals surface area contributed by atoms with E-state index in [1.807, 2.05) is 37.8 Å². The molecular weight excluding hydrogens is 310 g/mol. The van der Waals surface area contributed by atoms with E-state index in [0.717, 1.165) is 0 Å². The molecule has 0 amide bonds. The summed E-state index contributed by atoms with van der Waals surface area (Å²) in [7, 11) is 0. The van der Waals surface area contributed by atoms with Crippen molar-refractivity contribution in [3.63, 3.8) is 0 Å². The molecular formula is C18H27NO5. The van der Waals surface area contributed by atoms with Crippen LogP contribution in [0.25, 0.3) is 0 Å². The van der Waals surface area contributed by atoms with E-state index in [2.05, 4.69) is 0 Å². The van der Waals surface area contributed by atoms with Gasteiger partial charge in [0.2, 0.25) is 0 Å². The van der Waals surface area contributed by atoms with Gasteiger partial charge in [0, 0.05) is 26.6 Å². The predicted octanol–water partition coefficient (Wildman–Crippen LogP) is 2.77. The minimum absolute atomic E-state index is 0.266. The zero-order valence-corrected chi connectivity index (χ0v) is 14.9.